The van der Waals surface area contributed by atoms with Crippen molar-refractivity contribution in [3.05, 3.63) is 53.9 Å². The minimum Gasteiger partial charge on any atom is -0.493 e. The van der Waals surface area contributed by atoms with Gasteiger partial charge < -0.3 is 14.4 Å². The summed E-state index contributed by atoms with van der Waals surface area (Å²) in [6, 6.07) is 9.81. The Hall–Kier alpha value is -2.21. The number of carbonyl (C=O) groups excluding carboxylic acids is 1. The van der Waals surface area contributed by atoms with Crippen LogP contribution in [0.25, 0.3) is 0 Å². The summed E-state index contributed by atoms with van der Waals surface area (Å²) in [5.41, 5.74) is 2.24. The summed E-state index contributed by atoms with van der Waals surface area (Å²) in [5.74, 6) is 2.06. The molecule has 1 saturated heterocycles. The number of aromatic nitrogens is 1. The molecule has 0 aliphatic carbocycles. The molecule has 1 aliphatic heterocycles. The van der Waals surface area contributed by atoms with Crippen LogP contribution < -0.4 is 9.47 Å². The Labute approximate surface area is 146 Å². The van der Waals surface area contributed by atoms with E-state index in [-0.39, 0.29) is 11.3 Å². The molecule has 1 aromatic carbocycles. The van der Waals surface area contributed by atoms with Crippen molar-refractivity contribution in [3.8, 4) is 11.5 Å². The molecule has 0 spiro atoms. The molecule has 5 nitrogen and oxygen atoms in total. The number of amides is 1. The molecule has 3 rings (SSSR count). The largest absolute Gasteiger partial charge is 0.493 e. The van der Waals surface area contributed by atoms with Gasteiger partial charge in [0.1, 0.15) is 5.37 Å². The van der Waals surface area contributed by atoms with E-state index in [2.05, 4.69) is 4.98 Å². The third-order valence-corrected chi connectivity index (χ3v) is 5.31. The van der Waals surface area contributed by atoms with Crippen LogP contribution in [-0.2, 0) is 11.2 Å². The normalized spacial score (nSPS) is 17.2. The van der Waals surface area contributed by atoms with Crippen LogP contribution in [0.3, 0.4) is 0 Å². The van der Waals surface area contributed by atoms with E-state index in [0.29, 0.717) is 23.8 Å². The number of nitrogens with zero attached hydrogens (tertiary/aromatic N) is 2. The van der Waals surface area contributed by atoms with Gasteiger partial charge >= 0.3 is 0 Å². The van der Waals surface area contributed by atoms with Crippen LogP contribution in [0.5, 0.6) is 11.5 Å². The molecule has 1 aromatic heterocycles. The average molecular weight is 344 g/mol. The number of carbonyl (C=O) groups is 1. The summed E-state index contributed by atoms with van der Waals surface area (Å²) >= 11 is 1.65. The maximum atomic E-state index is 12.3. The Morgan fingerprint density at radius 3 is 2.62 bits per heavy atom. The quantitative estimate of drug-likeness (QED) is 0.806. The Bertz CT molecular complexity index is 709. The van der Waals surface area contributed by atoms with Crippen LogP contribution in [-0.4, -0.2) is 42.3 Å². The fraction of sp³-hybridized carbons (Fsp3) is 0.333. The first kappa shape index (κ1) is 16.6. The standard InChI is InChI=1S/C18H20N2O3S/c1-22-15-4-3-14(11-16(15)23-2)18-20(17(21)12-24-18)10-7-13-5-8-19-9-6-13/h3-6,8-9,11,18H,7,10,12H2,1-2H3. The van der Waals surface area contributed by atoms with Gasteiger partial charge in [-0.25, -0.2) is 0 Å². The van der Waals surface area contributed by atoms with E-state index in [1.165, 1.54) is 5.56 Å². The summed E-state index contributed by atoms with van der Waals surface area (Å²) in [6.45, 7) is 0.689. The molecule has 0 saturated carbocycles. The topological polar surface area (TPSA) is 51.7 Å². The number of ether oxygens (including phenoxy) is 2. The molecule has 6 heteroatoms. The fourth-order valence-corrected chi connectivity index (χ4v) is 3.99. The van der Waals surface area contributed by atoms with Crippen molar-refractivity contribution in [3.63, 3.8) is 0 Å². The highest BCUT2D eigenvalue weighted by Crippen LogP contribution is 2.41. The number of rotatable bonds is 6. The van der Waals surface area contributed by atoms with Gasteiger partial charge in [0, 0.05) is 18.9 Å². The van der Waals surface area contributed by atoms with Crippen molar-refractivity contribution < 1.29 is 14.3 Å². The van der Waals surface area contributed by atoms with Crippen molar-refractivity contribution in [1.82, 2.24) is 9.88 Å². The number of hydrogen-bond acceptors (Lipinski definition) is 5. The first-order valence-electron chi connectivity index (χ1n) is 7.75. The molecule has 126 valence electrons. The second kappa shape index (κ2) is 7.57. The van der Waals surface area contributed by atoms with E-state index in [9.17, 15) is 4.79 Å². The highest BCUT2D eigenvalue weighted by Gasteiger charge is 2.32. The Morgan fingerprint density at radius 1 is 1.17 bits per heavy atom. The zero-order valence-electron chi connectivity index (χ0n) is 13.8. The average Bonchev–Trinajstić information content (AvgIpc) is 3.00. The van der Waals surface area contributed by atoms with E-state index in [1.54, 1.807) is 38.4 Å². The molecule has 0 radical (unpaired) electrons. The van der Waals surface area contributed by atoms with Gasteiger partial charge in [0.2, 0.25) is 5.91 Å². The SMILES string of the molecule is COc1ccc(C2SCC(=O)N2CCc2ccncc2)cc1OC. The summed E-state index contributed by atoms with van der Waals surface area (Å²) in [5, 5.41) is 0.0131. The van der Waals surface area contributed by atoms with Gasteiger partial charge in [-0.3, -0.25) is 9.78 Å². The van der Waals surface area contributed by atoms with Crippen molar-refractivity contribution in [2.45, 2.75) is 11.8 Å². The highest BCUT2D eigenvalue weighted by molar-refractivity contribution is 8.00. The Kier molecular flexibility index (Phi) is 5.25. The zero-order chi connectivity index (χ0) is 16.9. The fourth-order valence-electron chi connectivity index (χ4n) is 2.78. The van der Waals surface area contributed by atoms with Gasteiger partial charge in [0.05, 0.1) is 20.0 Å². The predicted molar refractivity (Wildman–Crippen MR) is 94.4 cm³/mol. The minimum atomic E-state index is 0.0131. The Morgan fingerprint density at radius 2 is 1.92 bits per heavy atom. The molecule has 2 heterocycles. The summed E-state index contributed by atoms with van der Waals surface area (Å²) in [7, 11) is 3.24. The molecule has 1 atom stereocenters. The van der Waals surface area contributed by atoms with Gasteiger partial charge in [0.15, 0.2) is 11.5 Å². The first-order valence-corrected chi connectivity index (χ1v) is 8.79. The van der Waals surface area contributed by atoms with Crippen molar-refractivity contribution in [2.75, 3.05) is 26.5 Å². The van der Waals surface area contributed by atoms with Crippen LogP contribution >= 0.6 is 11.8 Å². The van der Waals surface area contributed by atoms with Gasteiger partial charge in [-0.05, 0) is 41.8 Å². The second-order valence-corrected chi connectivity index (χ2v) is 6.54. The monoisotopic (exact) mass is 344 g/mol. The van der Waals surface area contributed by atoms with Gasteiger partial charge in [-0.15, -0.1) is 11.8 Å². The van der Waals surface area contributed by atoms with E-state index in [0.717, 1.165) is 12.0 Å². The Balaban J connectivity index is 1.77. The molecule has 24 heavy (non-hydrogen) atoms. The maximum absolute atomic E-state index is 12.3. The number of benzene rings is 1. The molecule has 0 N–H and O–H groups in total. The molecule has 1 unspecified atom stereocenters. The molecule has 1 aliphatic rings. The lowest BCUT2D eigenvalue weighted by Crippen LogP contribution is -2.30. The molecule has 0 bridgehead atoms. The van der Waals surface area contributed by atoms with Crippen LogP contribution in [0.2, 0.25) is 0 Å². The van der Waals surface area contributed by atoms with Crippen LogP contribution in [0.4, 0.5) is 0 Å². The van der Waals surface area contributed by atoms with Crippen molar-refractivity contribution in [2.24, 2.45) is 0 Å². The molecular formula is C18H20N2O3S. The first-order chi connectivity index (χ1) is 11.7. The smallest absolute Gasteiger partial charge is 0.233 e. The number of methoxy groups -OCH3 is 2. The van der Waals surface area contributed by atoms with Crippen LogP contribution in [0.1, 0.15) is 16.5 Å². The van der Waals surface area contributed by atoms with Crippen LogP contribution in [0, 0.1) is 0 Å². The van der Waals surface area contributed by atoms with Crippen LogP contribution in [0.15, 0.2) is 42.7 Å². The third kappa shape index (κ3) is 3.48. The highest BCUT2D eigenvalue weighted by atomic mass is 32.2. The van der Waals surface area contributed by atoms with E-state index < -0.39 is 0 Å². The minimum absolute atomic E-state index is 0.0131. The lowest BCUT2D eigenvalue weighted by atomic mass is 10.1. The molecule has 2 aromatic rings. The summed E-state index contributed by atoms with van der Waals surface area (Å²) in [4.78, 5) is 18.3. The maximum Gasteiger partial charge on any atom is 0.233 e. The molecular weight excluding hydrogens is 324 g/mol. The summed E-state index contributed by atoms with van der Waals surface area (Å²) < 4.78 is 10.7. The predicted octanol–water partition coefficient (Wildman–Crippen LogP) is 2.92. The van der Waals surface area contributed by atoms with Crippen molar-refractivity contribution >= 4 is 17.7 Å². The van der Waals surface area contributed by atoms with E-state index >= 15 is 0 Å². The lowest BCUT2D eigenvalue weighted by Gasteiger charge is -2.25. The molecule has 1 amide bonds. The lowest BCUT2D eigenvalue weighted by molar-refractivity contribution is -0.128. The summed E-state index contributed by atoms with van der Waals surface area (Å²) in [6.07, 6.45) is 4.38. The molecule has 1 fully saturated rings. The third-order valence-electron chi connectivity index (χ3n) is 4.05. The van der Waals surface area contributed by atoms with E-state index in [4.69, 9.17) is 9.47 Å². The zero-order valence-corrected chi connectivity index (χ0v) is 14.6. The van der Waals surface area contributed by atoms with E-state index in [1.807, 2.05) is 35.2 Å². The number of pyridine rings is 1. The van der Waals surface area contributed by atoms with Gasteiger partial charge in [-0.1, -0.05) is 6.07 Å². The van der Waals surface area contributed by atoms with Gasteiger partial charge in [-0.2, -0.15) is 0 Å². The van der Waals surface area contributed by atoms with Gasteiger partial charge in [0.25, 0.3) is 0 Å². The number of hydrogen-bond donors (Lipinski definition) is 0. The number of thioether (sulfide) groups is 1. The second-order valence-electron chi connectivity index (χ2n) is 5.47. The van der Waals surface area contributed by atoms with Crippen molar-refractivity contribution in [1.29, 1.82) is 0 Å².